The second kappa shape index (κ2) is 5.01. The summed E-state index contributed by atoms with van der Waals surface area (Å²) in [7, 11) is 0. The molecular formula is C14H15N3OS. The van der Waals surface area contributed by atoms with E-state index in [4.69, 9.17) is 5.73 Å². The number of aromatic nitrogens is 1. The molecule has 0 aliphatic heterocycles. The van der Waals surface area contributed by atoms with Gasteiger partial charge in [-0.25, -0.2) is 0 Å². The summed E-state index contributed by atoms with van der Waals surface area (Å²) in [6.45, 7) is 0.483. The predicted molar refractivity (Wildman–Crippen MR) is 76.2 cm³/mol. The average Bonchev–Trinajstić information content (AvgIpc) is 2.97. The van der Waals surface area contributed by atoms with E-state index in [1.165, 1.54) is 4.88 Å². The summed E-state index contributed by atoms with van der Waals surface area (Å²) in [5.41, 5.74) is 8.81. The van der Waals surface area contributed by atoms with Gasteiger partial charge in [0.05, 0.1) is 10.6 Å². The molecule has 2 heterocycles. The molecule has 0 aromatic carbocycles. The molecular weight excluding hydrogens is 258 g/mol. The van der Waals surface area contributed by atoms with Gasteiger partial charge in [-0.05, 0) is 36.5 Å². The minimum Gasteiger partial charge on any atom is -0.390 e. The Morgan fingerprint density at radius 3 is 3.16 bits per heavy atom. The van der Waals surface area contributed by atoms with Gasteiger partial charge in [-0.15, -0.1) is 11.3 Å². The van der Waals surface area contributed by atoms with Crippen LogP contribution in [-0.2, 0) is 19.4 Å². The van der Waals surface area contributed by atoms with Gasteiger partial charge in [-0.1, -0.05) is 6.07 Å². The number of nitrogen functional groups attached to an aromatic ring is 1. The molecule has 4 nitrogen and oxygen atoms in total. The fourth-order valence-electron chi connectivity index (χ4n) is 2.45. The maximum absolute atomic E-state index is 12.3. The number of amides is 1. The van der Waals surface area contributed by atoms with Crippen molar-refractivity contribution >= 4 is 22.2 Å². The molecule has 0 radical (unpaired) electrons. The summed E-state index contributed by atoms with van der Waals surface area (Å²) in [5.74, 6) is -0.0687. The summed E-state index contributed by atoms with van der Waals surface area (Å²) >= 11 is 1.56. The first-order chi connectivity index (χ1) is 9.25. The van der Waals surface area contributed by atoms with Crippen LogP contribution in [0.4, 0.5) is 5.00 Å². The lowest BCUT2D eigenvalue weighted by atomic mass is 10.1. The topological polar surface area (TPSA) is 68.0 Å². The smallest absolute Gasteiger partial charge is 0.254 e. The molecule has 0 bridgehead atoms. The van der Waals surface area contributed by atoms with Crippen LogP contribution < -0.4 is 11.1 Å². The highest BCUT2D eigenvalue weighted by molar-refractivity contribution is 7.16. The van der Waals surface area contributed by atoms with E-state index >= 15 is 0 Å². The molecule has 1 amide bonds. The van der Waals surface area contributed by atoms with Gasteiger partial charge in [0, 0.05) is 23.8 Å². The summed E-state index contributed by atoms with van der Waals surface area (Å²) in [5, 5.41) is 3.57. The van der Waals surface area contributed by atoms with Crippen LogP contribution in [0.15, 0.2) is 24.5 Å². The Morgan fingerprint density at radius 2 is 2.37 bits per heavy atom. The molecule has 0 saturated heterocycles. The lowest BCUT2D eigenvalue weighted by Gasteiger charge is -2.06. The van der Waals surface area contributed by atoms with E-state index in [9.17, 15) is 4.79 Å². The van der Waals surface area contributed by atoms with Crippen molar-refractivity contribution in [3.8, 4) is 0 Å². The molecule has 0 fully saturated rings. The zero-order chi connectivity index (χ0) is 13.2. The molecule has 0 atom stereocenters. The van der Waals surface area contributed by atoms with E-state index in [0.29, 0.717) is 17.1 Å². The molecule has 3 rings (SSSR count). The number of thiophene rings is 1. The number of carbonyl (C=O) groups is 1. The first kappa shape index (κ1) is 12.2. The molecule has 0 saturated carbocycles. The van der Waals surface area contributed by atoms with E-state index in [0.717, 1.165) is 30.4 Å². The third-order valence-electron chi connectivity index (χ3n) is 3.35. The predicted octanol–water partition coefficient (Wildman–Crippen LogP) is 2.14. The van der Waals surface area contributed by atoms with Gasteiger partial charge in [-0.2, -0.15) is 0 Å². The SMILES string of the molecule is Nc1sc2c(c1C(=O)NCc1cccnc1)CCC2. The summed E-state index contributed by atoms with van der Waals surface area (Å²) < 4.78 is 0. The number of nitrogens with one attached hydrogen (secondary N) is 1. The monoisotopic (exact) mass is 273 g/mol. The van der Waals surface area contributed by atoms with Crippen molar-refractivity contribution in [2.45, 2.75) is 25.8 Å². The zero-order valence-corrected chi connectivity index (χ0v) is 11.3. The van der Waals surface area contributed by atoms with Crippen LogP contribution >= 0.6 is 11.3 Å². The quantitative estimate of drug-likeness (QED) is 0.900. The number of nitrogens with zero attached hydrogens (tertiary/aromatic N) is 1. The number of pyridine rings is 1. The van der Waals surface area contributed by atoms with Crippen LogP contribution in [0.25, 0.3) is 0 Å². The molecule has 0 spiro atoms. The van der Waals surface area contributed by atoms with Crippen LogP contribution in [-0.4, -0.2) is 10.9 Å². The number of fused-ring (bicyclic) bond motifs is 1. The maximum Gasteiger partial charge on any atom is 0.254 e. The number of nitrogens with two attached hydrogens (primary N) is 1. The maximum atomic E-state index is 12.3. The minimum absolute atomic E-state index is 0.0687. The van der Waals surface area contributed by atoms with Crippen molar-refractivity contribution in [2.24, 2.45) is 0 Å². The van der Waals surface area contributed by atoms with Gasteiger partial charge in [0.25, 0.3) is 5.91 Å². The standard InChI is InChI=1S/C14H15N3OS/c15-13-12(10-4-1-5-11(10)19-13)14(18)17-8-9-3-2-6-16-7-9/h2-3,6-7H,1,4-5,8,15H2,(H,17,18). The molecule has 0 unspecified atom stereocenters. The number of carbonyl (C=O) groups excluding carboxylic acids is 1. The van der Waals surface area contributed by atoms with Gasteiger partial charge in [0.2, 0.25) is 0 Å². The van der Waals surface area contributed by atoms with E-state index in [1.54, 1.807) is 23.7 Å². The van der Waals surface area contributed by atoms with E-state index in [-0.39, 0.29) is 5.91 Å². The molecule has 1 aliphatic carbocycles. The van der Waals surface area contributed by atoms with Crippen molar-refractivity contribution in [1.29, 1.82) is 0 Å². The molecule has 5 heteroatoms. The number of hydrogen-bond donors (Lipinski definition) is 2. The number of hydrogen-bond acceptors (Lipinski definition) is 4. The molecule has 3 N–H and O–H groups in total. The lowest BCUT2D eigenvalue weighted by Crippen LogP contribution is -2.24. The average molecular weight is 273 g/mol. The second-order valence-corrected chi connectivity index (χ2v) is 5.78. The Kier molecular flexibility index (Phi) is 3.21. The van der Waals surface area contributed by atoms with Crippen LogP contribution in [0, 0.1) is 0 Å². The largest absolute Gasteiger partial charge is 0.390 e. The molecule has 1 aliphatic rings. The van der Waals surface area contributed by atoms with E-state index in [1.807, 2.05) is 12.1 Å². The Hall–Kier alpha value is -1.88. The normalized spacial score (nSPS) is 13.3. The third-order valence-corrected chi connectivity index (χ3v) is 4.47. The lowest BCUT2D eigenvalue weighted by molar-refractivity contribution is 0.0951. The van der Waals surface area contributed by atoms with Crippen LogP contribution in [0.2, 0.25) is 0 Å². The van der Waals surface area contributed by atoms with Crippen LogP contribution in [0.5, 0.6) is 0 Å². The van der Waals surface area contributed by atoms with Crippen LogP contribution in [0.1, 0.15) is 32.8 Å². The number of anilines is 1. The van der Waals surface area contributed by atoms with Crippen molar-refractivity contribution in [3.63, 3.8) is 0 Å². The number of rotatable bonds is 3. The van der Waals surface area contributed by atoms with Crippen molar-refractivity contribution < 1.29 is 4.79 Å². The second-order valence-electron chi connectivity index (χ2n) is 4.64. The molecule has 19 heavy (non-hydrogen) atoms. The minimum atomic E-state index is -0.0687. The van der Waals surface area contributed by atoms with Crippen molar-refractivity contribution in [1.82, 2.24) is 10.3 Å². The van der Waals surface area contributed by atoms with E-state index < -0.39 is 0 Å². The number of aryl methyl sites for hydroxylation is 1. The van der Waals surface area contributed by atoms with Gasteiger partial charge < -0.3 is 11.1 Å². The van der Waals surface area contributed by atoms with Crippen molar-refractivity contribution in [3.05, 3.63) is 46.1 Å². The summed E-state index contributed by atoms with van der Waals surface area (Å²) in [4.78, 5) is 17.6. The van der Waals surface area contributed by atoms with Gasteiger partial charge in [0.15, 0.2) is 0 Å². The van der Waals surface area contributed by atoms with Crippen molar-refractivity contribution in [2.75, 3.05) is 5.73 Å². The van der Waals surface area contributed by atoms with Crippen LogP contribution in [0.3, 0.4) is 0 Å². The fourth-order valence-corrected chi connectivity index (χ4v) is 3.61. The third kappa shape index (κ3) is 2.33. The van der Waals surface area contributed by atoms with Gasteiger partial charge in [0.1, 0.15) is 0 Å². The van der Waals surface area contributed by atoms with Gasteiger partial charge >= 0.3 is 0 Å². The fraction of sp³-hybridized carbons (Fsp3) is 0.286. The Balaban J connectivity index is 1.74. The first-order valence-corrected chi connectivity index (χ1v) is 7.14. The highest BCUT2D eigenvalue weighted by Crippen LogP contribution is 2.37. The summed E-state index contributed by atoms with van der Waals surface area (Å²) in [6.07, 6.45) is 6.62. The molecule has 98 valence electrons. The first-order valence-electron chi connectivity index (χ1n) is 6.33. The Bertz CT molecular complexity index is 607. The van der Waals surface area contributed by atoms with Gasteiger partial charge in [-0.3, -0.25) is 9.78 Å². The Labute approximate surface area is 115 Å². The van der Waals surface area contributed by atoms with E-state index in [2.05, 4.69) is 10.3 Å². The zero-order valence-electron chi connectivity index (χ0n) is 10.5. The Morgan fingerprint density at radius 1 is 1.47 bits per heavy atom. The summed E-state index contributed by atoms with van der Waals surface area (Å²) in [6, 6.07) is 3.80. The molecule has 2 aromatic rings. The highest BCUT2D eigenvalue weighted by atomic mass is 32.1. The molecule has 2 aromatic heterocycles. The highest BCUT2D eigenvalue weighted by Gasteiger charge is 2.24.